The maximum absolute atomic E-state index is 3.79. The van der Waals surface area contributed by atoms with Gasteiger partial charge in [-0.3, -0.25) is 0 Å². The highest BCUT2D eigenvalue weighted by atomic mass is 127. The Morgan fingerprint density at radius 1 is 1.25 bits per heavy atom. The lowest BCUT2D eigenvalue weighted by Crippen LogP contribution is -1.84. The molecule has 0 bridgehead atoms. The van der Waals surface area contributed by atoms with Crippen LogP contribution in [0.4, 0.5) is 0 Å². The second-order valence-electron chi connectivity index (χ2n) is 1.11. The van der Waals surface area contributed by atoms with Gasteiger partial charge in [0.1, 0.15) is 7.40 Å². The van der Waals surface area contributed by atoms with E-state index in [1.165, 1.54) is 0 Å². The monoisotopic (exact) mass is 331 g/mol. The highest BCUT2D eigenvalue weighted by Gasteiger charge is 1.87. The molecule has 1 aromatic rings. The third kappa shape index (κ3) is 1.81. The summed E-state index contributed by atoms with van der Waals surface area (Å²) in [5, 5.41) is 0. The third-order valence-electron chi connectivity index (χ3n) is 0.552. The number of hydrogen-bond donors (Lipinski definition) is 0. The van der Waals surface area contributed by atoms with Gasteiger partial charge >= 0.3 is 0 Å². The molecule has 0 spiro atoms. The molecular weight excluding hydrogens is 330 g/mol. The van der Waals surface area contributed by atoms with Gasteiger partial charge in [0.15, 0.2) is 6.33 Å². The van der Waals surface area contributed by atoms with E-state index in [1.807, 2.05) is 6.07 Å². The molecule has 4 heteroatoms. The van der Waals surface area contributed by atoms with Crippen LogP contribution >= 0.6 is 45.2 Å². The van der Waals surface area contributed by atoms with Gasteiger partial charge in [0, 0.05) is 6.07 Å². The minimum Gasteiger partial charge on any atom is -0.219 e. The third-order valence-corrected chi connectivity index (χ3v) is 1.66. The Morgan fingerprint density at radius 3 is 2.00 bits per heavy atom. The molecule has 0 aliphatic heterocycles. The van der Waals surface area contributed by atoms with Crippen molar-refractivity contribution in [2.45, 2.75) is 0 Å². The van der Waals surface area contributed by atoms with Crippen molar-refractivity contribution in [3.63, 3.8) is 0 Å². The first-order chi connectivity index (χ1) is 3.79. The van der Waals surface area contributed by atoms with E-state index in [0.29, 0.717) is 0 Å². The van der Waals surface area contributed by atoms with Crippen LogP contribution in [0.2, 0.25) is 0 Å². The molecule has 0 amide bonds. The van der Waals surface area contributed by atoms with Crippen molar-refractivity contribution in [1.29, 1.82) is 0 Å². The molecule has 1 rings (SSSR count). The predicted octanol–water partition coefficient (Wildman–Crippen LogP) is 1.49. The summed E-state index contributed by atoms with van der Waals surface area (Å²) >= 11 is 4.24. The summed E-state index contributed by atoms with van der Waals surface area (Å²) in [4.78, 5) is 7.57. The van der Waals surface area contributed by atoms with Crippen LogP contribution in [0, 0.1) is 13.7 Å². The molecule has 0 atom stereocenters. The first-order valence-electron chi connectivity index (χ1n) is 1.85. The van der Waals surface area contributed by atoms with Crippen LogP contribution in [-0.2, 0) is 0 Å². The molecule has 41 valence electrons. The SMILES string of the molecule is Ic1cc(I)n[c]n1. The van der Waals surface area contributed by atoms with Crippen molar-refractivity contribution in [2.24, 2.45) is 0 Å². The topological polar surface area (TPSA) is 25.8 Å². The molecule has 0 aromatic carbocycles. The Bertz CT molecular complexity index is 172. The molecule has 8 heavy (non-hydrogen) atoms. The van der Waals surface area contributed by atoms with Gasteiger partial charge < -0.3 is 0 Å². The summed E-state index contributed by atoms with van der Waals surface area (Å²) in [6.07, 6.45) is 2.51. The van der Waals surface area contributed by atoms with Crippen LogP contribution in [0.3, 0.4) is 0 Å². The van der Waals surface area contributed by atoms with E-state index in [1.54, 1.807) is 0 Å². The normalized spacial score (nSPS) is 9.25. The van der Waals surface area contributed by atoms with E-state index in [-0.39, 0.29) is 0 Å². The highest BCUT2D eigenvalue weighted by Crippen LogP contribution is 2.02. The van der Waals surface area contributed by atoms with Gasteiger partial charge in [-0.1, -0.05) is 0 Å². The average molecular weight is 331 g/mol. The van der Waals surface area contributed by atoms with Gasteiger partial charge in [0.25, 0.3) is 0 Å². The second-order valence-corrected chi connectivity index (χ2v) is 3.32. The Hall–Kier alpha value is 0.540. The fourth-order valence-corrected chi connectivity index (χ4v) is 1.68. The van der Waals surface area contributed by atoms with E-state index >= 15 is 0 Å². The van der Waals surface area contributed by atoms with Gasteiger partial charge in [-0.2, -0.15) is 0 Å². The average Bonchev–Trinajstić information content (AvgIpc) is 1.64. The molecule has 0 saturated carbocycles. The molecule has 0 unspecified atom stereocenters. The number of halogens is 2. The Labute approximate surface area is 74.4 Å². The molecule has 0 aliphatic carbocycles. The van der Waals surface area contributed by atoms with Crippen LogP contribution in [0.15, 0.2) is 6.07 Å². The fraction of sp³-hybridized carbons (Fsp3) is 0. The van der Waals surface area contributed by atoms with Gasteiger partial charge in [-0.05, 0) is 45.2 Å². The van der Waals surface area contributed by atoms with Crippen LogP contribution in [0.25, 0.3) is 0 Å². The molecule has 0 fully saturated rings. The molecule has 2 nitrogen and oxygen atoms in total. The fourth-order valence-electron chi connectivity index (χ4n) is 0.283. The zero-order chi connectivity index (χ0) is 5.98. The molecule has 1 radical (unpaired) electrons. The first-order valence-corrected chi connectivity index (χ1v) is 4.01. The Kier molecular flexibility index (Phi) is 2.42. The molecular formula is C4HI2N2. The van der Waals surface area contributed by atoms with Crippen LogP contribution < -0.4 is 0 Å². The maximum atomic E-state index is 3.79. The van der Waals surface area contributed by atoms with Crippen molar-refractivity contribution in [3.05, 3.63) is 19.8 Å². The number of aromatic nitrogens is 2. The standard InChI is InChI=1S/C4HI2N2/c5-3-1-4(6)8-2-7-3/h1H. The highest BCUT2D eigenvalue weighted by molar-refractivity contribution is 14.1. The smallest absolute Gasteiger partial charge is 0.199 e. The van der Waals surface area contributed by atoms with Crippen LogP contribution in [0.1, 0.15) is 0 Å². The van der Waals surface area contributed by atoms with Gasteiger partial charge in [0.05, 0.1) is 0 Å². The van der Waals surface area contributed by atoms with Crippen molar-refractivity contribution in [3.8, 4) is 0 Å². The minimum absolute atomic E-state index is 0.932. The lowest BCUT2D eigenvalue weighted by atomic mass is 10.7. The van der Waals surface area contributed by atoms with Gasteiger partial charge in [-0.15, -0.1) is 0 Å². The van der Waals surface area contributed by atoms with E-state index < -0.39 is 0 Å². The van der Waals surface area contributed by atoms with Crippen molar-refractivity contribution in [2.75, 3.05) is 0 Å². The molecule has 1 heterocycles. The zero-order valence-electron chi connectivity index (χ0n) is 3.73. The predicted molar refractivity (Wildman–Crippen MR) is 46.3 cm³/mol. The Morgan fingerprint density at radius 2 is 1.75 bits per heavy atom. The summed E-state index contributed by atoms with van der Waals surface area (Å²) in [5.41, 5.74) is 0. The number of hydrogen-bond acceptors (Lipinski definition) is 2. The molecule has 0 N–H and O–H groups in total. The summed E-state index contributed by atoms with van der Waals surface area (Å²) in [7, 11) is 0. The minimum atomic E-state index is 0.932. The van der Waals surface area contributed by atoms with Crippen molar-refractivity contribution < 1.29 is 0 Å². The Balaban J connectivity index is 3.08. The summed E-state index contributed by atoms with van der Waals surface area (Å²) in [6, 6.07) is 1.89. The molecule has 1 aromatic heterocycles. The largest absolute Gasteiger partial charge is 0.219 e. The van der Waals surface area contributed by atoms with E-state index in [0.717, 1.165) is 7.40 Å². The van der Waals surface area contributed by atoms with Crippen LogP contribution in [0.5, 0.6) is 0 Å². The zero-order valence-corrected chi connectivity index (χ0v) is 8.04. The number of nitrogens with zero attached hydrogens (tertiary/aromatic N) is 2. The summed E-state index contributed by atoms with van der Waals surface area (Å²) < 4.78 is 1.86. The quantitative estimate of drug-likeness (QED) is 0.532. The summed E-state index contributed by atoms with van der Waals surface area (Å²) in [6.45, 7) is 0. The van der Waals surface area contributed by atoms with Crippen LogP contribution in [-0.4, -0.2) is 9.97 Å². The van der Waals surface area contributed by atoms with E-state index in [2.05, 4.69) is 61.5 Å². The van der Waals surface area contributed by atoms with E-state index in [4.69, 9.17) is 0 Å². The molecule has 0 aliphatic rings. The van der Waals surface area contributed by atoms with Gasteiger partial charge in [-0.25, -0.2) is 9.97 Å². The van der Waals surface area contributed by atoms with Crippen molar-refractivity contribution >= 4 is 45.2 Å². The van der Waals surface area contributed by atoms with E-state index in [9.17, 15) is 0 Å². The number of rotatable bonds is 0. The van der Waals surface area contributed by atoms with Gasteiger partial charge in [0.2, 0.25) is 0 Å². The summed E-state index contributed by atoms with van der Waals surface area (Å²) in [5.74, 6) is 0. The lowest BCUT2D eigenvalue weighted by molar-refractivity contribution is 1.09. The second kappa shape index (κ2) is 2.90. The molecule has 0 saturated heterocycles. The lowest BCUT2D eigenvalue weighted by Gasteiger charge is -1.85. The van der Waals surface area contributed by atoms with Crippen molar-refractivity contribution in [1.82, 2.24) is 9.97 Å². The maximum Gasteiger partial charge on any atom is 0.199 e. The first kappa shape index (κ1) is 6.66.